The highest BCUT2D eigenvalue weighted by atomic mass is 16.5. The summed E-state index contributed by atoms with van der Waals surface area (Å²) in [6, 6.07) is 12.0. The number of ketones is 1. The molecular weight excluding hydrogens is 476 g/mol. The summed E-state index contributed by atoms with van der Waals surface area (Å²) in [4.78, 5) is 40.8. The lowest BCUT2D eigenvalue weighted by Crippen LogP contribution is -2.47. The average Bonchev–Trinajstić information content (AvgIpc) is 3.76. The Morgan fingerprint density at radius 1 is 1.03 bits per heavy atom. The topological polar surface area (TPSA) is 132 Å². The Labute approximate surface area is 216 Å². The molecule has 10 nitrogen and oxygen atoms in total. The number of carbonyl (C=O) groups excluding carboxylic acids is 1. The summed E-state index contributed by atoms with van der Waals surface area (Å²) in [5.74, 6) is -0.366. The first kappa shape index (κ1) is 27.7. The number of carbonyl (C=O) groups is 3. The second-order valence-electron chi connectivity index (χ2n) is 8.83. The number of pyridine rings is 1. The Morgan fingerprint density at radius 2 is 1.70 bits per heavy atom. The van der Waals surface area contributed by atoms with Crippen molar-refractivity contribution in [1.29, 1.82) is 0 Å². The van der Waals surface area contributed by atoms with Crippen LogP contribution in [0.5, 0.6) is 5.75 Å². The van der Waals surface area contributed by atoms with E-state index < -0.39 is 11.9 Å². The van der Waals surface area contributed by atoms with Crippen LogP contribution in [0.4, 0.5) is 11.5 Å². The van der Waals surface area contributed by atoms with Gasteiger partial charge in [-0.25, -0.2) is 14.6 Å². The number of anilines is 2. The molecule has 1 saturated heterocycles. The molecule has 2 heterocycles. The van der Waals surface area contributed by atoms with E-state index in [0.717, 1.165) is 75.7 Å². The molecule has 0 bridgehead atoms. The Bertz CT molecular complexity index is 1080. The fourth-order valence-corrected chi connectivity index (χ4v) is 4.07. The van der Waals surface area contributed by atoms with Crippen LogP contribution in [0.25, 0.3) is 0 Å². The second-order valence-corrected chi connectivity index (χ2v) is 8.83. The molecule has 10 heteroatoms. The van der Waals surface area contributed by atoms with E-state index in [9.17, 15) is 14.4 Å². The van der Waals surface area contributed by atoms with Crippen LogP contribution in [0, 0.1) is 5.92 Å². The van der Waals surface area contributed by atoms with E-state index in [-0.39, 0.29) is 11.7 Å². The van der Waals surface area contributed by atoms with Gasteiger partial charge >= 0.3 is 11.9 Å². The number of hydrogen-bond acceptors (Lipinski definition) is 8. The summed E-state index contributed by atoms with van der Waals surface area (Å²) in [5.41, 5.74) is 1.93. The number of piperazine rings is 1. The third-order valence-electron chi connectivity index (χ3n) is 6.13. The number of aromatic nitrogens is 1. The molecule has 0 unspecified atom stereocenters. The maximum absolute atomic E-state index is 12.4. The van der Waals surface area contributed by atoms with Gasteiger partial charge < -0.3 is 25.2 Å². The third-order valence-corrected chi connectivity index (χ3v) is 6.13. The second kappa shape index (κ2) is 14.0. The number of aliphatic carboxylic acids is 2. The number of ether oxygens (including phenoxy) is 1. The quantitative estimate of drug-likeness (QED) is 0.235. The molecule has 1 aromatic carbocycles. The Kier molecular flexibility index (Phi) is 10.5. The molecule has 1 aliphatic carbocycles. The molecule has 0 spiro atoms. The number of nitrogens with zero attached hydrogens (tertiary/aromatic N) is 3. The number of para-hydroxylation sites is 2. The van der Waals surface area contributed by atoms with Crippen molar-refractivity contribution in [3.05, 3.63) is 60.3 Å². The highest BCUT2D eigenvalue weighted by Gasteiger charge is 2.32. The van der Waals surface area contributed by atoms with Crippen molar-refractivity contribution in [3.8, 4) is 5.75 Å². The van der Waals surface area contributed by atoms with Crippen LogP contribution in [0.15, 0.2) is 54.7 Å². The zero-order chi connectivity index (χ0) is 26.6. The van der Waals surface area contributed by atoms with Crippen molar-refractivity contribution < 1.29 is 29.3 Å². The van der Waals surface area contributed by atoms with Gasteiger partial charge in [0.1, 0.15) is 11.6 Å². The van der Waals surface area contributed by atoms with E-state index in [0.29, 0.717) is 12.2 Å². The molecule has 2 aliphatic rings. The number of nitrogens with one attached hydrogen (secondary N) is 1. The molecule has 3 N–H and O–H groups in total. The molecule has 0 radical (unpaired) electrons. The van der Waals surface area contributed by atoms with Crippen molar-refractivity contribution >= 4 is 29.2 Å². The van der Waals surface area contributed by atoms with Crippen molar-refractivity contribution in [2.45, 2.75) is 19.3 Å². The van der Waals surface area contributed by atoms with Gasteiger partial charge in [0.25, 0.3) is 0 Å². The van der Waals surface area contributed by atoms with Crippen LogP contribution >= 0.6 is 0 Å². The third kappa shape index (κ3) is 8.91. The fraction of sp³-hybridized carbons (Fsp3) is 0.407. The Morgan fingerprint density at radius 3 is 2.32 bits per heavy atom. The van der Waals surface area contributed by atoms with Crippen LogP contribution < -0.4 is 15.0 Å². The van der Waals surface area contributed by atoms with E-state index in [4.69, 9.17) is 14.9 Å². The van der Waals surface area contributed by atoms with Crippen LogP contribution in [-0.2, 0) is 9.59 Å². The van der Waals surface area contributed by atoms with Crippen molar-refractivity contribution in [3.63, 3.8) is 0 Å². The fourth-order valence-electron chi connectivity index (χ4n) is 4.07. The molecule has 198 valence electrons. The van der Waals surface area contributed by atoms with Crippen LogP contribution in [0.1, 0.15) is 29.6 Å². The molecular formula is C27H34N4O6. The summed E-state index contributed by atoms with van der Waals surface area (Å²) >= 11 is 0. The van der Waals surface area contributed by atoms with Gasteiger partial charge in [-0.1, -0.05) is 12.1 Å². The highest BCUT2D eigenvalue weighted by Crippen LogP contribution is 2.34. The first-order valence-corrected chi connectivity index (χ1v) is 12.4. The van der Waals surface area contributed by atoms with E-state index in [1.165, 1.54) is 5.69 Å². The first-order chi connectivity index (χ1) is 17.9. The number of methoxy groups -OCH3 is 1. The zero-order valence-electron chi connectivity index (χ0n) is 21.0. The van der Waals surface area contributed by atoms with E-state index in [1.54, 1.807) is 13.3 Å². The molecule has 1 saturated carbocycles. The van der Waals surface area contributed by atoms with Gasteiger partial charge in [0.05, 0.1) is 18.4 Å². The lowest BCUT2D eigenvalue weighted by atomic mass is 10.1. The number of hydrogen-bond donors (Lipinski definition) is 3. The van der Waals surface area contributed by atoms with Gasteiger partial charge in [0.2, 0.25) is 0 Å². The van der Waals surface area contributed by atoms with E-state index in [1.807, 2.05) is 24.3 Å². The van der Waals surface area contributed by atoms with Gasteiger partial charge in [0.15, 0.2) is 5.78 Å². The van der Waals surface area contributed by atoms with E-state index in [2.05, 4.69) is 32.2 Å². The van der Waals surface area contributed by atoms with Gasteiger partial charge in [-0.05, 0) is 50.1 Å². The number of Topliss-reactive ketones (excluding diaryl/α,β-unsaturated/α-hetero) is 1. The number of rotatable bonds is 11. The largest absolute Gasteiger partial charge is 0.495 e. The molecule has 37 heavy (non-hydrogen) atoms. The smallest absolute Gasteiger partial charge is 0.328 e. The number of benzene rings is 1. The lowest BCUT2D eigenvalue weighted by molar-refractivity contribution is -0.134. The van der Waals surface area contributed by atoms with Crippen molar-refractivity contribution in [1.82, 2.24) is 9.88 Å². The average molecular weight is 511 g/mol. The first-order valence-electron chi connectivity index (χ1n) is 12.4. The maximum atomic E-state index is 12.4. The molecule has 1 aliphatic heterocycles. The SMILES string of the molecule is COc1ccccc1N1CCN(CCCNc2ncccc2C(=O)C2CC2)CC1.O=C(O)/C=C\C(=O)O. The molecule has 4 rings (SSSR count). The predicted molar refractivity (Wildman–Crippen MR) is 140 cm³/mol. The minimum Gasteiger partial charge on any atom is -0.495 e. The van der Waals surface area contributed by atoms with Gasteiger partial charge in [0, 0.05) is 57.0 Å². The monoisotopic (exact) mass is 510 g/mol. The Balaban J connectivity index is 0.000000414. The summed E-state index contributed by atoms with van der Waals surface area (Å²) in [5, 5.41) is 19.0. The minimum absolute atomic E-state index is 0.222. The van der Waals surface area contributed by atoms with Crippen molar-refractivity contribution in [2.75, 3.05) is 56.6 Å². The molecule has 0 atom stereocenters. The van der Waals surface area contributed by atoms with Crippen LogP contribution in [0.2, 0.25) is 0 Å². The normalized spacial score (nSPS) is 15.5. The standard InChI is InChI=1S/C23H30N4O2.C4H4O4/c1-29-21-8-3-2-7-20(21)27-16-14-26(15-17-27)13-5-12-25-23-19(6-4-11-24-23)22(28)18-9-10-18;5-3(6)1-2-4(7)8/h2-4,6-8,11,18H,5,9-10,12-17H2,1H3,(H,24,25);1-2H,(H,5,6)(H,7,8)/b;2-1-. The lowest BCUT2D eigenvalue weighted by Gasteiger charge is -2.36. The van der Waals surface area contributed by atoms with Crippen molar-refractivity contribution in [2.24, 2.45) is 5.92 Å². The van der Waals surface area contributed by atoms with Gasteiger partial charge in [-0.2, -0.15) is 0 Å². The maximum Gasteiger partial charge on any atom is 0.328 e. The summed E-state index contributed by atoms with van der Waals surface area (Å²) in [6.45, 7) is 5.99. The Hall–Kier alpha value is -3.92. The van der Waals surface area contributed by atoms with Gasteiger partial charge in [-0.3, -0.25) is 9.69 Å². The zero-order valence-corrected chi connectivity index (χ0v) is 21.0. The minimum atomic E-state index is -1.26. The highest BCUT2D eigenvalue weighted by molar-refractivity contribution is 6.03. The summed E-state index contributed by atoms with van der Waals surface area (Å²) < 4.78 is 5.50. The summed E-state index contributed by atoms with van der Waals surface area (Å²) in [7, 11) is 1.73. The van der Waals surface area contributed by atoms with E-state index >= 15 is 0 Å². The van der Waals surface area contributed by atoms with Gasteiger partial charge in [-0.15, -0.1) is 0 Å². The van der Waals surface area contributed by atoms with Crippen LogP contribution in [-0.4, -0.2) is 84.2 Å². The molecule has 0 amide bonds. The summed E-state index contributed by atoms with van der Waals surface area (Å²) in [6.07, 6.45) is 5.94. The number of carboxylic acid groups (broad SMARTS) is 2. The molecule has 2 fully saturated rings. The predicted octanol–water partition coefficient (Wildman–Crippen LogP) is 3.02. The molecule has 2 aromatic rings. The molecule has 1 aromatic heterocycles. The van der Waals surface area contributed by atoms with Crippen LogP contribution in [0.3, 0.4) is 0 Å². The number of carboxylic acids is 2.